The molecule has 0 unspecified atom stereocenters. The van der Waals surface area contributed by atoms with E-state index < -0.39 is 14.9 Å². The Morgan fingerprint density at radius 1 is 1.10 bits per heavy atom. The summed E-state index contributed by atoms with van der Waals surface area (Å²) >= 11 is 5.86. The van der Waals surface area contributed by atoms with E-state index in [4.69, 9.17) is 11.6 Å². The van der Waals surface area contributed by atoms with E-state index in [0.29, 0.717) is 24.5 Å². The van der Waals surface area contributed by atoms with Crippen molar-refractivity contribution in [3.63, 3.8) is 0 Å². The van der Waals surface area contributed by atoms with E-state index in [1.54, 1.807) is 17.0 Å². The molecule has 11 heteroatoms. The Hall–Kier alpha value is -2.69. The molecule has 154 valence electrons. The van der Waals surface area contributed by atoms with Crippen LogP contribution >= 0.6 is 11.6 Å². The first-order chi connectivity index (χ1) is 13.7. The fraction of sp³-hybridized carbons (Fsp3) is 0.278. The molecule has 1 heterocycles. The van der Waals surface area contributed by atoms with E-state index in [2.05, 4.69) is 5.32 Å². The van der Waals surface area contributed by atoms with E-state index >= 15 is 0 Å². The van der Waals surface area contributed by atoms with Crippen LogP contribution in [-0.4, -0.2) is 49.7 Å². The topological polar surface area (TPSA) is 113 Å². The number of nitro groups is 1. The smallest absolute Gasteiger partial charge is 0.294 e. The molecule has 0 bridgehead atoms. The summed E-state index contributed by atoms with van der Waals surface area (Å²) in [6.45, 7) is 2.37. The van der Waals surface area contributed by atoms with E-state index in [1.165, 1.54) is 41.6 Å². The summed E-state index contributed by atoms with van der Waals surface area (Å²) in [4.78, 5) is 23.8. The molecule has 2 aromatic rings. The zero-order chi connectivity index (χ0) is 21.2. The molecule has 9 nitrogen and oxygen atoms in total. The predicted molar refractivity (Wildman–Crippen MR) is 110 cm³/mol. The third-order valence-corrected chi connectivity index (χ3v) is 6.67. The van der Waals surface area contributed by atoms with Crippen molar-refractivity contribution in [2.75, 3.05) is 36.4 Å². The maximum Gasteiger partial charge on any atom is 0.294 e. The van der Waals surface area contributed by atoms with E-state index in [1.807, 2.05) is 0 Å². The maximum atomic E-state index is 12.9. The molecule has 1 aliphatic rings. The van der Waals surface area contributed by atoms with Crippen molar-refractivity contribution in [1.82, 2.24) is 4.31 Å². The van der Waals surface area contributed by atoms with Crippen LogP contribution in [0.4, 0.5) is 17.1 Å². The van der Waals surface area contributed by atoms with Gasteiger partial charge in [-0.3, -0.25) is 14.9 Å². The highest BCUT2D eigenvalue weighted by Gasteiger charge is 2.30. The monoisotopic (exact) mass is 438 g/mol. The number of hydrogen-bond acceptors (Lipinski definition) is 6. The van der Waals surface area contributed by atoms with Crippen molar-refractivity contribution in [1.29, 1.82) is 0 Å². The van der Waals surface area contributed by atoms with Gasteiger partial charge in [-0.2, -0.15) is 4.31 Å². The SMILES string of the molecule is CC(=O)Nc1ccc(S(=O)(=O)N2CCN(c3ccc(Cl)cc3[N+](=O)[O-])CC2)cc1. The second-order valence-electron chi connectivity index (χ2n) is 6.49. The summed E-state index contributed by atoms with van der Waals surface area (Å²) in [7, 11) is -3.71. The third kappa shape index (κ3) is 4.66. The maximum absolute atomic E-state index is 12.9. The Morgan fingerprint density at radius 2 is 1.72 bits per heavy atom. The molecule has 0 radical (unpaired) electrons. The molecular weight excluding hydrogens is 420 g/mol. The summed E-state index contributed by atoms with van der Waals surface area (Å²) in [5.74, 6) is -0.243. The molecule has 1 saturated heterocycles. The average molecular weight is 439 g/mol. The second kappa shape index (κ2) is 8.36. The lowest BCUT2D eigenvalue weighted by Gasteiger charge is -2.35. The molecule has 1 N–H and O–H groups in total. The fourth-order valence-corrected chi connectivity index (χ4v) is 4.73. The minimum absolute atomic E-state index is 0.109. The number of nitro benzene ring substituents is 1. The Balaban J connectivity index is 1.73. The van der Waals surface area contributed by atoms with Crippen molar-refractivity contribution in [2.24, 2.45) is 0 Å². The van der Waals surface area contributed by atoms with Gasteiger partial charge in [-0.25, -0.2) is 8.42 Å². The summed E-state index contributed by atoms with van der Waals surface area (Å²) in [5.41, 5.74) is 0.815. The molecule has 3 rings (SSSR count). The number of carbonyl (C=O) groups is 1. The van der Waals surface area contributed by atoms with E-state index in [9.17, 15) is 23.3 Å². The van der Waals surface area contributed by atoms with Crippen LogP contribution in [0, 0.1) is 10.1 Å². The van der Waals surface area contributed by atoms with E-state index in [0.717, 1.165) is 0 Å². The molecule has 0 spiro atoms. The van der Waals surface area contributed by atoms with Crippen molar-refractivity contribution < 1.29 is 18.1 Å². The minimum atomic E-state index is -3.71. The summed E-state index contributed by atoms with van der Waals surface area (Å²) in [6.07, 6.45) is 0. The number of anilines is 2. The third-order valence-electron chi connectivity index (χ3n) is 4.53. The van der Waals surface area contributed by atoms with Gasteiger partial charge < -0.3 is 10.2 Å². The lowest BCUT2D eigenvalue weighted by Crippen LogP contribution is -2.48. The number of nitrogens with one attached hydrogen (secondary N) is 1. The Kier molecular flexibility index (Phi) is 6.06. The molecular formula is C18H19ClN4O5S. The van der Waals surface area contributed by atoms with Gasteiger partial charge in [-0.15, -0.1) is 0 Å². The molecule has 1 amide bonds. The number of benzene rings is 2. The first kappa shape index (κ1) is 21.0. The van der Waals surface area contributed by atoms with Crippen LogP contribution in [0.2, 0.25) is 5.02 Å². The van der Waals surface area contributed by atoms with Gasteiger partial charge >= 0.3 is 0 Å². The van der Waals surface area contributed by atoms with Crippen LogP contribution in [0.15, 0.2) is 47.4 Å². The fourth-order valence-electron chi connectivity index (χ4n) is 3.14. The van der Waals surface area contributed by atoms with Gasteiger partial charge in [-0.1, -0.05) is 11.6 Å². The molecule has 2 aromatic carbocycles. The lowest BCUT2D eigenvalue weighted by molar-refractivity contribution is -0.384. The number of halogens is 1. The normalized spacial score (nSPS) is 15.2. The van der Waals surface area contributed by atoms with Crippen molar-refractivity contribution in [2.45, 2.75) is 11.8 Å². The molecule has 0 aromatic heterocycles. The molecule has 1 aliphatic heterocycles. The van der Waals surface area contributed by atoms with Gasteiger partial charge in [0, 0.05) is 49.9 Å². The van der Waals surface area contributed by atoms with Crippen LogP contribution < -0.4 is 10.2 Å². The number of piperazine rings is 1. The van der Waals surface area contributed by atoms with Gasteiger partial charge in [-0.05, 0) is 36.4 Å². The second-order valence-corrected chi connectivity index (χ2v) is 8.86. The zero-order valence-corrected chi connectivity index (χ0v) is 17.1. The average Bonchev–Trinajstić information content (AvgIpc) is 2.68. The minimum Gasteiger partial charge on any atom is -0.363 e. The highest BCUT2D eigenvalue weighted by atomic mass is 35.5. The van der Waals surface area contributed by atoms with Gasteiger partial charge in [0.2, 0.25) is 15.9 Å². The summed E-state index contributed by atoms with van der Waals surface area (Å²) in [5, 5.41) is 14.2. The first-order valence-electron chi connectivity index (χ1n) is 8.75. The summed E-state index contributed by atoms with van der Waals surface area (Å²) < 4.78 is 27.1. The number of nitrogens with zero attached hydrogens (tertiary/aromatic N) is 3. The van der Waals surface area contributed by atoms with Gasteiger partial charge in [0.25, 0.3) is 5.69 Å². The van der Waals surface area contributed by atoms with Crippen LogP contribution in [0.25, 0.3) is 0 Å². The number of hydrogen-bond donors (Lipinski definition) is 1. The van der Waals surface area contributed by atoms with Gasteiger partial charge in [0.05, 0.1) is 9.82 Å². The van der Waals surface area contributed by atoms with Gasteiger partial charge in [0.15, 0.2) is 0 Å². The number of sulfonamides is 1. The molecule has 0 saturated carbocycles. The van der Waals surface area contributed by atoms with Crippen LogP contribution in [0.1, 0.15) is 6.92 Å². The van der Waals surface area contributed by atoms with Crippen LogP contribution in [0.5, 0.6) is 0 Å². The molecule has 0 atom stereocenters. The molecule has 1 fully saturated rings. The van der Waals surface area contributed by atoms with Crippen molar-refractivity contribution in [3.05, 3.63) is 57.6 Å². The summed E-state index contributed by atoms with van der Waals surface area (Å²) in [6, 6.07) is 10.4. The van der Waals surface area contributed by atoms with Crippen molar-refractivity contribution in [3.8, 4) is 0 Å². The number of carbonyl (C=O) groups excluding carboxylic acids is 1. The lowest BCUT2D eigenvalue weighted by atomic mass is 10.2. The van der Waals surface area contributed by atoms with Crippen molar-refractivity contribution >= 4 is 44.6 Å². The Morgan fingerprint density at radius 3 is 2.28 bits per heavy atom. The molecule has 0 aliphatic carbocycles. The highest BCUT2D eigenvalue weighted by molar-refractivity contribution is 7.89. The quantitative estimate of drug-likeness (QED) is 0.567. The number of rotatable bonds is 5. The first-order valence-corrected chi connectivity index (χ1v) is 10.6. The van der Waals surface area contributed by atoms with E-state index in [-0.39, 0.29) is 34.6 Å². The Labute approximate surface area is 173 Å². The van der Waals surface area contributed by atoms with Crippen LogP contribution in [0.3, 0.4) is 0 Å². The predicted octanol–water partition coefficient (Wildman–Crippen LogP) is 2.72. The van der Waals surface area contributed by atoms with Crippen LogP contribution in [-0.2, 0) is 14.8 Å². The standard InChI is InChI=1S/C18H19ClN4O5S/c1-13(24)20-15-3-5-16(6-4-15)29(27,28)22-10-8-21(9-11-22)17-7-2-14(19)12-18(17)23(25)26/h2-7,12H,8-11H2,1H3,(H,20,24). The Bertz CT molecular complexity index is 1030. The zero-order valence-electron chi connectivity index (χ0n) is 15.5. The highest BCUT2D eigenvalue weighted by Crippen LogP contribution is 2.32. The number of amides is 1. The largest absolute Gasteiger partial charge is 0.363 e. The van der Waals surface area contributed by atoms with Gasteiger partial charge in [0.1, 0.15) is 5.69 Å². The molecule has 29 heavy (non-hydrogen) atoms.